The lowest BCUT2D eigenvalue weighted by atomic mass is 10.1. The fraction of sp³-hybridized carbons (Fsp3) is 0.176. The molecule has 0 fully saturated rings. The highest BCUT2D eigenvalue weighted by Gasteiger charge is 2.12. The van der Waals surface area contributed by atoms with Crippen molar-refractivity contribution in [3.63, 3.8) is 0 Å². The molecule has 0 unspecified atom stereocenters. The van der Waals surface area contributed by atoms with E-state index in [1.54, 1.807) is 12.1 Å². The van der Waals surface area contributed by atoms with E-state index in [4.69, 9.17) is 27.6 Å². The van der Waals surface area contributed by atoms with Crippen LogP contribution in [-0.4, -0.2) is 10.2 Å². The number of halogens is 2. The van der Waals surface area contributed by atoms with Crippen molar-refractivity contribution in [2.75, 3.05) is 0 Å². The molecule has 0 spiro atoms. The fourth-order valence-electron chi connectivity index (χ4n) is 2.21. The SMILES string of the molecule is C[C@@H](NCc1nnc(-c2ccc(Cl)cc2)o1)c1ccccc1Cl. The Kier molecular flexibility index (Phi) is 4.96. The number of rotatable bonds is 5. The van der Waals surface area contributed by atoms with Crippen LogP contribution in [0.3, 0.4) is 0 Å². The number of hydrogen-bond acceptors (Lipinski definition) is 4. The van der Waals surface area contributed by atoms with Crippen molar-refractivity contribution in [2.45, 2.75) is 19.5 Å². The van der Waals surface area contributed by atoms with Crippen LogP contribution in [0.2, 0.25) is 10.0 Å². The summed E-state index contributed by atoms with van der Waals surface area (Å²) in [7, 11) is 0. The van der Waals surface area contributed by atoms with Crippen LogP contribution in [-0.2, 0) is 6.54 Å². The van der Waals surface area contributed by atoms with Gasteiger partial charge in [0, 0.05) is 21.7 Å². The van der Waals surface area contributed by atoms with Crippen LogP contribution in [0.5, 0.6) is 0 Å². The first-order chi connectivity index (χ1) is 11.1. The molecule has 1 aromatic heterocycles. The molecule has 118 valence electrons. The lowest BCUT2D eigenvalue weighted by Crippen LogP contribution is -2.18. The minimum Gasteiger partial charge on any atom is -0.419 e. The Morgan fingerprint density at radius 1 is 1.04 bits per heavy atom. The highest BCUT2D eigenvalue weighted by atomic mass is 35.5. The fourth-order valence-corrected chi connectivity index (χ4v) is 2.64. The third kappa shape index (κ3) is 3.91. The molecule has 3 aromatic rings. The quantitative estimate of drug-likeness (QED) is 0.713. The molecule has 0 saturated heterocycles. The molecule has 2 aromatic carbocycles. The standard InChI is InChI=1S/C17H15Cl2N3O/c1-11(14-4-2-3-5-15(14)19)20-10-16-21-22-17(23-16)12-6-8-13(18)9-7-12/h2-9,11,20H,10H2,1H3/t11-/m1/s1. The second-order valence-corrected chi connectivity index (χ2v) is 5.98. The van der Waals surface area contributed by atoms with Crippen LogP contribution in [0.1, 0.15) is 24.4 Å². The topological polar surface area (TPSA) is 51.0 Å². The molecule has 1 heterocycles. The molecular formula is C17H15Cl2N3O. The van der Waals surface area contributed by atoms with Gasteiger partial charge in [-0.1, -0.05) is 41.4 Å². The van der Waals surface area contributed by atoms with Crippen LogP contribution in [0.15, 0.2) is 52.9 Å². The van der Waals surface area contributed by atoms with Gasteiger partial charge in [0.1, 0.15) is 0 Å². The van der Waals surface area contributed by atoms with Gasteiger partial charge in [-0.2, -0.15) is 0 Å². The monoisotopic (exact) mass is 347 g/mol. The van der Waals surface area contributed by atoms with Crippen molar-refractivity contribution in [2.24, 2.45) is 0 Å². The van der Waals surface area contributed by atoms with Gasteiger partial charge >= 0.3 is 0 Å². The first-order valence-corrected chi connectivity index (χ1v) is 7.95. The van der Waals surface area contributed by atoms with Gasteiger partial charge in [0.25, 0.3) is 0 Å². The van der Waals surface area contributed by atoms with Crippen LogP contribution >= 0.6 is 23.2 Å². The molecule has 23 heavy (non-hydrogen) atoms. The molecular weight excluding hydrogens is 333 g/mol. The Morgan fingerprint density at radius 3 is 2.52 bits per heavy atom. The predicted molar refractivity (Wildman–Crippen MR) is 91.5 cm³/mol. The van der Waals surface area contributed by atoms with Gasteiger partial charge in [0.05, 0.1) is 6.54 Å². The van der Waals surface area contributed by atoms with Crippen molar-refractivity contribution < 1.29 is 4.42 Å². The molecule has 0 amide bonds. The summed E-state index contributed by atoms with van der Waals surface area (Å²) in [5, 5.41) is 12.9. The van der Waals surface area contributed by atoms with Gasteiger partial charge < -0.3 is 9.73 Å². The van der Waals surface area contributed by atoms with Gasteiger partial charge in [-0.25, -0.2) is 0 Å². The lowest BCUT2D eigenvalue weighted by molar-refractivity contribution is 0.454. The first-order valence-electron chi connectivity index (χ1n) is 7.19. The van der Waals surface area contributed by atoms with E-state index in [2.05, 4.69) is 15.5 Å². The van der Waals surface area contributed by atoms with E-state index in [1.165, 1.54) is 0 Å². The summed E-state index contributed by atoms with van der Waals surface area (Å²) in [6, 6.07) is 15.1. The number of hydrogen-bond donors (Lipinski definition) is 1. The smallest absolute Gasteiger partial charge is 0.247 e. The summed E-state index contributed by atoms with van der Waals surface area (Å²) < 4.78 is 5.67. The Bertz CT molecular complexity index is 787. The molecule has 1 atom stereocenters. The maximum atomic E-state index is 6.20. The number of benzene rings is 2. The van der Waals surface area contributed by atoms with E-state index in [9.17, 15) is 0 Å². The van der Waals surface area contributed by atoms with Crippen molar-refractivity contribution in [3.05, 3.63) is 70.0 Å². The summed E-state index contributed by atoms with van der Waals surface area (Å²) in [4.78, 5) is 0. The molecule has 0 aliphatic carbocycles. The largest absolute Gasteiger partial charge is 0.419 e. The second kappa shape index (κ2) is 7.13. The van der Waals surface area contributed by atoms with Crippen LogP contribution in [0, 0.1) is 0 Å². The van der Waals surface area contributed by atoms with E-state index in [1.807, 2.05) is 43.3 Å². The molecule has 0 bridgehead atoms. The third-order valence-corrected chi connectivity index (χ3v) is 4.09. The van der Waals surface area contributed by atoms with E-state index >= 15 is 0 Å². The van der Waals surface area contributed by atoms with Crippen LogP contribution in [0.4, 0.5) is 0 Å². The molecule has 6 heteroatoms. The van der Waals surface area contributed by atoms with Crippen molar-refractivity contribution >= 4 is 23.2 Å². The van der Waals surface area contributed by atoms with Gasteiger partial charge in [-0.05, 0) is 42.8 Å². The van der Waals surface area contributed by atoms with E-state index in [0.29, 0.717) is 23.3 Å². The highest BCUT2D eigenvalue weighted by Crippen LogP contribution is 2.23. The highest BCUT2D eigenvalue weighted by molar-refractivity contribution is 6.31. The summed E-state index contributed by atoms with van der Waals surface area (Å²) in [6.45, 7) is 2.50. The molecule has 4 nitrogen and oxygen atoms in total. The summed E-state index contributed by atoms with van der Waals surface area (Å²) in [5.41, 5.74) is 1.87. The Morgan fingerprint density at radius 2 is 1.78 bits per heavy atom. The number of aromatic nitrogens is 2. The average molecular weight is 348 g/mol. The van der Waals surface area contributed by atoms with Crippen molar-refractivity contribution in [1.82, 2.24) is 15.5 Å². The number of nitrogens with one attached hydrogen (secondary N) is 1. The minimum absolute atomic E-state index is 0.0783. The van der Waals surface area contributed by atoms with E-state index in [-0.39, 0.29) is 6.04 Å². The van der Waals surface area contributed by atoms with Crippen molar-refractivity contribution in [3.8, 4) is 11.5 Å². The zero-order valence-corrected chi connectivity index (χ0v) is 14.0. The summed E-state index contributed by atoms with van der Waals surface area (Å²) >= 11 is 12.1. The Hall–Kier alpha value is -1.88. The van der Waals surface area contributed by atoms with Gasteiger partial charge in [0.15, 0.2) is 0 Å². The molecule has 0 radical (unpaired) electrons. The minimum atomic E-state index is 0.0783. The predicted octanol–water partition coefficient (Wildman–Crippen LogP) is 4.89. The van der Waals surface area contributed by atoms with Gasteiger partial charge in [-0.15, -0.1) is 10.2 Å². The lowest BCUT2D eigenvalue weighted by Gasteiger charge is -2.14. The molecule has 0 saturated carbocycles. The van der Waals surface area contributed by atoms with Crippen LogP contribution < -0.4 is 5.32 Å². The van der Waals surface area contributed by atoms with Crippen LogP contribution in [0.25, 0.3) is 11.5 Å². The Balaban J connectivity index is 1.65. The molecule has 0 aliphatic rings. The van der Waals surface area contributed by atoms with Gasteiger partial charge in [-0.3, -0.25) is 0 Å². The molecule has 1 N–H and O–H groups in total. The maximum Gasteiger partial charge on any atom is 0.247 e. The second-order valence-electron chi connectivity index (χ2n) is 5.13. The zero-order valence-electron chi connectivity index (χ0n) is 12.5. The van der Waals surface area contributed by atoms with Gasteiger partial charge in [0.2, 0.25) is 11.8 Å². The Labute approximate surface area is 144 Å². The van der Waals surface area contributed by atoms with Crippen molar-refractivity contribution in [1.29, 1.82) is 0 Å². The first kappa shape index (κ1) is 16.0. The van der Waals surface area contributed by atoms with E-state index < -0.39 is 0 Å². The molecule has 0 aliphatic heterocycles. The van der Waals surface area contributed by atoms with E-state index in [0.717, 1.165) is 16.1 Å². The normalized spacial score (nSPS) is 12.3. The summed E-state index contributed by atoms with van der Waals surface area (Å²) in [5.74, 6) is 0.998. The zero-order chi connectivity index (χ0) is 16.2. The third-order valence-electron chi connectivity index (χ3n) is 3.49. The molecule has 3 rings (SSSR count). The average Bonchev–Trinajstić information content (AvgIpc) is 3.03. The maximum absolute atomic E-state index is 6.20. The summed E-state index contributed by atoms with van der Waals surface area (Å²) in [6.07, 6.45) is 0. The number of nitrogens with zero attached hydrogens (tertiary/aromatic N) is 2.